The second-order valence-electron chi connectivity index (χ2n) is 5.05. The van der Waals surface area contributed by atoms with Crippen molar-refractivity contribution in [1.29, 1.82) is 0 Å². The molecule has 0 fully saturated rings. The molecule has 1 aromatic rings. The highest BCUT2D eigenvalue weighted by atomic mass is 35.5. The first-order valence-electron chi connectivity index (χ1n) is 6.92. The lowest BCUT2D eigenvalue weighted by Gasteiger charge is -2.28. The van der Waals surface area contributed by atoms with Crippen molar-refractivity contribution in [3.05, 3.63) is 39.9 Å². The Morgan fingerprint density at radius 1 is 1.43 bits per heavy atom. The quantitative estimate of drug-likeness (QED) is 0.839. The van der Waals surface area contributed by atoms with Gasteiger partial charge in [0.1, 0.15) is 5.75 Å². The molecule has 1 aliphatic rings. The molecule has 0 aliphatic carbocycles. The van der Waals surface area contributed by atoms with Gasteiger partial charge in [0.05, 0.1) is 5.57 Å². The monoisotopic (exact) mass is 346 g/mol. The topological polar surface area (TPSA) is 46.5 Å². The van der Waals surface area contributed by atoms with Crippen molar-refractivity contribution in [3.63, 3.8) is 0 Å². The molecule has 0 radical (unpaired) electrons. The molecule has 1 atom stereocenters. The maximum atomic E-state index is 13.1. The molecule has 0 spiro atoms. The van der Waals surface area contributed by atoms with Gasteiger partial charge in [0.2, 0.25) is 6.10 Å². The van der Waals surface area contributed by atoms with Gasteiger partial charge in [-0.05, 0) is 24.6 Å². The van der Waals surface area contributed by atoms with E-state index in [1.165, 1.54) is 12.1 Å². The predicted molar refractivity (Wildman–Crippen MR) is 81.5 cm³/mol. The normalized spacial score (nSPS) is 17.6. The van der Waals surface area contributed by atoms with E-state index < -0.39 is 23.8 Å². The van der Waals surface area contributed by atoms with Gasteiger partial charge in [-0.15, -0.1) is 0 Å². The molecular formula is C16H14ClF3O3. The molecule has 1 N–H and O–H groups in total. The fourth-order valence-corrected chi connectivity index (χ4v) is 2.46. The number of alkyl halides is 3. The Labute approximate surface area is 136 Å². The largest absolute Gasteiger partial charge is 0.478 e. The van der Waals surface area contributed by atoms with Crippen molar-refractivity contribution < 1.29 is 27.8 Å². The fourth-order valence-electron chi connectivity index (χ4n) is 2.22. The minimum absolute atomic E-state index is 0.0194. The number of halogens is 4. The second kappa shape index (κ2) is 6.66. The Morgan fingerprint density at radius 2 is 2.13 bits per heavy atom. The zero-order chi connectivity index (χ0) is 17.2. The van der Waals surface area contributed by atoms with Crippen LogP contribution in [0, 0.1) is 0 Å². The highest BCUT2D eigenvalue weighted by Gasteiger charge is 2.48. The SMILES string of the molecule is CCCC=Cc1cc(Cl)cc2c1OC(C(F)(F)F)C(C(=O)O)=C2. The summed E-state index contributed by atoms with van der Waals surface area (Å²) in [5.41, 5.74) is -0.266. The third-order valence-corrected chi connectivity index (χ3v) is 3.46. The van der Waals surface area contributed by atoms with Crippen LogP contribution in [-0.2, 0) is 4.79 Å². The van der Waals surface area contributed by atoms with Crippen molar-refractivity contribution in [1.82, 2.24) is 0 Å². The van der Waals surface area contributed by atoms with Crippen LogP contribution in [0.5, 0.6) is 5.75 Å². The molecule has 2 rings (SSSR count). The summed E-state index contributed by atoms with van der Waals surface area (Å²) in [5, 5.41) is 9.30. The van der Waals surface area contributed by atoms with Gasteiger partial charge < -0.3 is 9.84 Å². The smallest absolute Gasteiger partial charge is 0.430 e. The van der Waals surface area contributed by atoms with Crippen LogP contribution in [0.15, 0.2) is 23.8 Å². The maximum Gasteiger partial charge on any atom is 0.430 e. The minimum atomic E-state index is -4.83. The van der Waals surface area contributed by atoms with Gasteiger partial charge in [0.15, 0.2) is 0 Å². The lowest BCUT2D eigenvalue weighted by Crippen LogP contribution is -2.40. The third kappa shape index (κ3) is 3.88. The van der Waals surface area contributed by atoms with Gasteiger partial charge in [0.25, 0.3) is 0 Å². The van der Waals surface area contributed by atoms with E-state index in [1.807, 2.05) is 6.92 Å². The summed E-state index contributed by atoms with van der Waals surface area (Å²) in [4.78, 5) is 11.1. The standard InChI is InChI=1S/C16H14ClF3O3/c1-2-3-4-5-9-6-11(17)7-10-8-12(15(21)22)14(16(18,19)20)23-13(9)10/h4-8,14H,2-3H2,1H3,(H,21,22). The van der Waals surface area contributed by atoms with Crippen LogP contribution >= 0.6 is 11.6 Å². The second-order valence-corrected chi connectivity index (χ2v) is 5.49. The Kier molecular flexibility index (Phi) is 5.04. The molecule has 0 amide bonds. The summed E-state index contributed by atoms with van der Waals surface area (Å²) >= 11 is 5.96. The molecular weight excluding hydrogens is 333 g/mol. The van der Waals surface area contributed by atoms with E-state index in [9.17, 15) is 18.0 Å². The number of hydrogen-bond donors (Lipinski definition) is 1. The van der Waals surface area contributed by atoms with E-state index in [0.717, 1.165) is 18.9 Å². The number of rotatable bonds is 4. The molecule has 1 aromatic carbocycles. The molecule has 3 nitrogen and oxygen atoms in total. The average molecular weight is 347 g/mol. The zero-order valence-corrected chi connectivity index (χ0v) is 12.9. The number of carboxylic acid groups (broad SMARTS) is 1. The number of benzene rings is 1. The van der Waals surface area contributed by atoms with Crippen molar-refractivity contribution in [2.45, 2.75) is 32.0 Å². The van der Waals surface area contributed by atoms with Crippen LogP contribution in [0.1, 0.15) is 30.9 Å². The minimum Gasteiger partial charge on any atom is -0.478 e. The number of aliphatic carboxylic acids is 1. The van der Waals surface area contributed by atoms with E-state index in [1.54, 1.807) is 12.2 Å². The van der Waals surface area contributed by atoms with Gasteiger partial charge in [-0.2, -0.15) is 13.2 Å². The highest BCUT2D eigenvalue weighted by molar-refractivity contribution is 6.31. The van der Waals surface area contributed by atoms with Gasteiger partial charge in [-0.25, -0.2) is 4.79 Å². The molecule has 0 saturated carbocycles. The first-order chi connectivity index (χ1) is 10.7. The van der Waals surface area contributed by atoms with Gasteiger partial charge in [0, 0.05) is 16.1 Å². The molecule has 1 unspecified atom stereocenters. The molecule has 1 aliphatic heterocycles. The summed E-state index contributed by atoms with van der Waals surface area (Å²) in [6.45, 7) is 1.97. The Bertz CT molecular complexity index is 678. The lowest BCUT2D eigenvalue weighted by atomic mass is 9.98. The third-order valence-electron chi connectivity index (χ3n) is 3.24. The summed E-state index contributed by atoms with van der Waals surface area (Å²) in [6.07, 6.45) is -1.31. The average Bonchev–Trinajstić information content (AvgIpc) is 2.44. The molecule has 23 heavy (non-hydrogen) atoms. The van der Waals surface area contributed by atoms with Crippen molar-refractivity contribution in [2.75, 3.05) is 0 Å². The van der Waals surface area contributed by atoms with Crippen LogP contribution < -0.4 is 4.74 Å². The van der Waals surface area contributed by atoms with Gasteiger partial charge in [-0.1, -0.05) is 37.1 Å². The fraction of sp³-hybridized carbons (Fsp3) is 0.312. The number of allylic oxidation sites excluding steroid dienone is 1. The summed E-state index contributed by atoms with van der Waals surface area (Å²) in [6, 6.07) is 2.86. The van der Waals surface area contributed by atoms with E-state index in [0.29, 0.717) is 5.56 Å². The lowest BCUT2D eigenvalue weighted by molar-refractivity contribution is -0.187. The zero-order valence-electron chi connectivity index (χ0n) is 12.2. The summed E-state index contributed by atoms with van der Waals surface area (Å²) < 4.78 is 44.3. The molecule has 1 heterocycles. The van der Waals surface area contributed by atoms with Crippen LogP contribution in [0.25, 0.3) is 12.2 Å². The van der Waals surface area contributed by atoms with Crippen molar-refractivity contribution in [3.8, 4) is 5.75 Å². The highest BCUT2D eigenvalue weighted by Crippen LogP contribution is 2.40. The Balaban J connectivity index is 2.56. The number of carbonyl (C=O) groups is 1. The number of fused-ring (bicyclic) bond motifs is 1. The van der Waals surface area contributed by atoms with Crippen molar-refractivity contribution >= 4 is 29.7 Å². The van der Waals surface area contributed by atoms with Crippen molar-refractivity contribution in [2.24, 2.45) is 0 Å². The molecule has 0 aromatic heterocycles. The first kappa shape index (κ1) is 17.4. The predicted octanol–water partition coefficient (Wildman–Crippen LogP) is 4.94. The Hall–Kier alpha value is -1.95. The number of unbranched alkanes of at least 4 members (excludes halogenated alkanes) is 1. The van der Waals surface area contributed by atoms with E-state index in [2.05, 4.69) is 0 Å². The van der Waals surface area contributed by atoms with Crippen LogP contribution in [0.3, 0.4) is 0 Å². The number of hydrogen-bond acceptors (Lipinski definition) is 2. The van der Waals surface area contributed by atoms with E-state index >= 15 is 0 Å². The molecule has 7 heteroatoms. The Morgan fingerprint density at radius 3 is 2.70 bits per heavy atom. The van der Waals surface area contributed by atoms with Gasteiger partial charge >= 0.3 is 12.1 Å². The van der Waals surface area contributed by atoms with Crippen LogP contribution in [0.4, 0.5) is 13.2 Å². The van der Waals surface area contributed by atoms with Gasteiger partial charge in [-0.3, -0.25) is 0 Å². The maximum absolute atomic E-state index is 13.1. The molecule has 124 valence electrons. The van der Waals surface area contributed by atoms with Crippen LogP contribution in [-0.4, -0.2) is 23.4 Å². The summed E-state index contributed by atoms with van der Waals surface area (Å²) in [7, 11) is 0. The van der Waals surface area contributed by atoms with E-state index in [4.69, 9.17) is 21.4 Å². The number of carboxylic acids is 1. The molecule has 0 saturated heterocycles. The van der Waals surface area contributed by atoms with E-state index in [-0.39, 0.29) is 16.3 Å². The molecule has 0 bridgehead atoms. The first-order valence-corrected chi connectivity index (χ1v) is 7.30. The van der Waals surface area contributed by atoms with Crippen LogP contribution in [0.2, 0.25) is 5.02 Å². The number of ether oxygens (including phenoxy) is 1. The summed E-state index contributed by atoms with van der Waals surface area (Å²) in [5.74, 6) is -1.70.